The zero-order valence-corrected chi connectivity index (χ0v) is 14.5. The smallest absolute Gasteiger partial charge is 0.411 e. The van der Waals surface area contributed by atoms with Crippen LogP contribution in [0.15, 0.2) is 30.3 Å². The maximum absolute atomic E-state index is 12.7. The van der Waals surface area contributed by atoms with Crippen LogP contribution in [0.1, 0.15) is 31.2 Å². The van der Waals surface area contributed by atoms with E-state index >= 15 is 0 Å². The summed E-state index contributed by atoms with van der Waals surface area (Å²) in [5.74, 6) is -1.55. The summed E-state index contributed by atoms with van der Waals surface area (Å²) in [6.07, 6.45) is 2.36. The van der Waals surface area contributed by atoms with E-state index in [1.165, 1.54) is 0 Å². The molecule has 1 N–H and O–H groups in total. The first kappa shape index (κ1) is 16.9. The third kappa shape index (κ3) is 2.81. The van der Waals surface area contributed by atoms with Gasteiger partial charge in [-0.25, -0.2) is 4.79 Å². The molecule has 3 fully saturated rings. The summed E-state index contributed by atoms with van der Waals surface area (Å²) in [4.78, 5) is 39.8. The molecule has 2 heterocycles. The van der Waals surface area contributed by atoms with Gasteiger partial charge in [-0.05, 0) is 31.2 Å². The monoisotopic (exact) mass is 358 g/mol. The molecule has 138 valence electrons. The Morgan fingerprint density at radius 3 is 2.58 bits per heavy atom. The number of hydrogen-bond acceptors (Lipinski definition) is 4. The maximum atomic E-state index is 12.7. The summed E-state index contributed by atoms with van der Waals surface area (Å²) in [6.45, 7) is 0.389. The Balaban J connectivity index is 1.47. The van der Waals surface area contributed by atoms with Crippen LogP contribution in [0.3, 0.4) is 0 Å². The third-order valence-electron chi connectivity index (χ3n) is 5.89. The molecular weight excluding hydrogens is 336 g/mol. The van der Waals surface area contributed by atoms with Crippen LogP contribution in [0.2, 0.25) is 0 Å². The number of nitrogens with zero attached hydrogens (tertiary/aromatic N) is 2. The minimum absolute atomic E-state index is 0.0313. The van der Waals surface area contributed by atoms with Crippen LogP contribution in [0, 0.1) is 5.92 Å². The first-order valence-electron chi connectivity index (χ1n) is 9.02. The van der Waals surface area contributed by atoms with Gasteiger partial charge >= 0.3 is 12.1 Å². The largest absolute Gasteiger partial charge is 0.481 e. The normalized spacial score (nSPS) is 26.4. The van der Waals surface area contributed by atoms with E-state index in [-0.39, 0.29) is 37.2 Å². The van der Waals surface area contributed by atoms with Gasteiger partial charge in [-0.15, -0.1) is 0 Å². The Kier molecular flexibility index (Phi) is 4.09. The molecule has 2 unspecified atom stereocenters. The van der Waals surface area contributed by atoms with Gasteiger partial charge in [0.05, 0.1) is 17.5 Å². The average Bonchev–Trinajstić information content (AvgIpc) is 3.44. The predicted octanol–water partition coefficient (Wildman–Crippen LogP) is 1.86. The Morgan fingerprint density at radius 1 is 1.19 bits per heavy atom. The Hall–Kier alpha value is -2.57. The third-order valence-corrected chi connectivity index (χ3v) is 5.89. The quantitative estimate of drug-likeness (QED) is 0.891. The Bertz CT molecular complexity index is 731. The number of carboxylic acid groups (broad SMARTS) is 1. The Labute approximate surface area is 151 Å². The van der Waals surface area contributed by atoms with Gasteiger partial charge in [0, 0.05) is 6.54 Å². The Morgan fingerprint density at radius 2 is 1.92 bits per heavy atom. The molecule has 2 amide bonds. The van der Waals surface area contributed by atoms with Crippen molar-refractivity contribution in [1.29, 1.82) is 0 Å². The summed E-state index contributed by atoms with van der Waals surface area (Å²) < 4.78 is 5.45. The first-order valence-corrected chi connectivity index (χ1v) is 9.02. The molecule has 0 aromatic heterocycles. The molecule has 2 aliphatic heterocycles. The fraction of sp³-hybridized carbons (Fsp3) is 0.526. The predicted molar refractivity (Wildman–Crippen MR) is 91.2 cm³/mol. The molecule has 1 aromatic carbocycles. The van der Waals surface area contributed by atoms with Crippen LogP contribution in [0.5, 0.6) is 0 Å². The molecular formula is C19H22N2O5. The van der Waals surface area contributed by atoms with Gasteiger partial charge < -0.3 is 14.7 Å². The number of carbonyl (C=O) groups excluding carboxylic acids is 2. The van der Waals surface area contributed by atoms with Crippen LogP contribution in [0.4, 0.5) is 4.79 Å². The summed E-state index contributed by atoms with van der Waals surface area (Å²) in [5.41, 5.74) is 0.531. The van der Waals surface area contributed by atoms with E-state index in [4.69, 9.17) is 4.74 Å². The summed E-state index contributed by atoms with van der Waals surface area (Å²) in [5, 5.41) is 9.26. The molecule has 1 saturated carbocycles. The second-order valence-corrected chi connectivity index (χ2v) is 7.40. The number of amides is 2. The zero-order chi connectivity index (χ0) is 18.3. The lowest BCUT2D eigenvalue weighted by atomic mass is 9.85. The van der Waals surface area contributed by atoms with Gasteiger partial charge in [-0.2, -0.15) is 0 Å². The number of hydrogen-bond donors (Lipinski definition) is 1. The van der Waals surface area contributed by atoms with Gasteiger partial charge in [0.2, 0.25) is 5.91 Å². The molecule has 0 bridgehead atoms. The molecule has 0 radical (unpaired) electrons. The van der Waals surface area contributed by atoms with Crippen LogP contribution < -0.4 is 0 Å². The van der Waals surface area contributed by atoms with Crippen molar-refractivity contribution < 1.29 is 24.2 Å². The van der Waals surface area contributed by atoms with Crippen LogP contribution in [-0.2, 0) is 20.9 Å². The number of carboxylic acids is 1. The van der Waals surface area contributed by atoms with Crippen molar-refractivity contribution in [1.82, 2.24) is 9.80 Å². The second-order valence-electron chi connectivity index (χ2n) is 7.40. The van der Waals surface area contributed by atoms with E-state index in [2.05, 4.69) is 0 Å². The summed E-state index contributed by atoms with van der Waals surface area (Å²) in [6, 6.07) is 9.34. The van der Waals surface area contributed by atoms with Gasteiger partial charge in [0.25, 0.3) is 0 Å². The zero-order valence-electron chi connectivity index (χ0n) is 14.5. The molecule has 3 aliphatic rings. The van der Waals surface area contributed by atoms with E-state index in [1.807, 2.05) is 30.3 Å². The van der Waals surface area contributed by atoms with E-state index in [0.717, 1.165) is 18.4 Å². The highest BCUT2D eigenvalue weighted by Crippen LogP contribution is 2.51. The van der Waals surface area contributed by atoms with Crippen LogP contribution in [-0.4, -0.2) is 57.5 Å². The summed E-state index contributed by atoms with van der Waals surface area (Å²) in [7, 11) is 0. The number of ether oxygens (including phenoxy) is 1. The molecule has 7 nitrogen and oxygen atoms in total. The summed E-state index contributed by atoms with van der Waals surface area (Å²) >= 11 is 0. The number of piperazine rings is 1. The highest BCUT2D eigenvalue weighted by molar-refractivity contribution is 5.86. The standard InChI is InChI=1S/C19H22N2O5/c22-16-11-21(18(25)26-12-13-4-2-1-3-5-13)19(8-9-19)15-7-6-14(17(23)24)10-20(15)16/h1-5,14-15H,6-12H2,(H,23,24). The fourth-order valence-electron chi connectivity index (χ4n) is 4.35. The number of piperidine rings is 1. The molecule has 1 aromatic rings. The highest BCUT2D eigenvalue weighted by atomic mass is 16.6. The van der Waals surface area contributed by atoms with Crippen molar-refractivity contribution in [3.05, 3.63) is 35.9 Å². The van der Waals surface area contributed by atoms with E-state index < -0.39 is 18.0 Å². The SMILES string of the molecule is O=C(O)C1CCC2N(C1)C(=O)CN(C(=O)OCc1ccccc1)C21CC1. The lowest BCUT2D eigenvalue weighted by Crippen LogP contribution is -2.67. The highest BCUT2D eigenvalue weighted by Gasteiger charge is 2.62. The minimum Gasteiger partial charge on any atom is -0.481 e. The van der Waals surface area contributed by atoms with E-state index in [1.54, 1.807) is 9.80 Å². The molecule has 2 atom stereocenters. The number of benzene rings is 1. The van der Waals surface area contributed by atoms with Gasteiger partial charge in [-0.3, -0.25) is 14.5 Å². The van der Waals surface area contributed by atoms with E-state index in [9.17, 15) is 19.5 Å². The fourth-order valence-corrected chi connectivity index (χ4v) is 4.35. The van der Waals surface area contributed by atoms with Gasteiger partial charge in [0.1, 0.15) is 13.2 Å². The maximum Gasteiger partial charge on any atom is 0.411 e. The molecule has 7 heteroatoms. The van der Waals surface area contributed by atoms with Crippen LogP contribution >= 0.6 is 0 Å². The number of rotatable bonds is 3. The van der Waals surface area contributed by atoms with Crippen molar-refractivity contribution in [2.75, 3.05) is 13.1 Å². The van der Waals surface area contributed by atoms with Crippen molar-refractivity contribution >= 4 is 18.0 Å². The van der Waals surface area contributed by atoms with Crippen molar-refractivity contribution in [2.45, 2.75) is 43.9 Å². The van der Waals surface area contributed by atoms with Crippen molar-refractivity contribution in [2.24, 2.45) is 5.92 Å². The van der Waals surface area contributed by atoms with Crippen LogP contribution in [0.25, 0.3) is 0 Å². The molecule has 2 saturated heterocycles. The molecule has 1 aliphatic carbocycles. The first-order chi connectivity index (χ1) is 12.5. The number of fused-ring (bicyclic) bond motifs is 2. The lowest BCUT2D eigenvalue weighted by Gasteiger charge is -2.50. The average molecular weight is 358 g/mol. The van der Waals surface area contributed by atoms with Crippen molar-refractivity contribution in [3.63, 3.8) is 0 Å². The topological polar surface area (TPSA) is 87.2 Å². The van der Waals surface area contributed by atoms with Gasteiger partial charge in [0.15, 0.2) is 0 Å². The molecule has 1 spiro atoms. The number of carbonyl (C=O) groups is 3. The van der Waals surface area contributed by atoms with E-state index in [0.29, 0.717) is 12.8 Å². The molecule has 26 heavy (non-hydrogen) atoms. The van der Waals surface area contributed by atoms with Crippen molar-refractivity contribution in [3.8, 4) is 0 Å². The minimum atomic E-state index is -0.856. The lowest BCUT2D eigenvalue weighted by molar-refractivity contribution is -0.154. The van der Waals surface area contributed by atoms with Gasteiger partial charge in [-0.1, -0.05) is 30.3 Å². The second kappa shape index (κ2) is 6.30. The molecule has 4 rings (SSSR count). The number of aliphatic carboxylic acids is 1.